The lowest BCUT2D eigenvalue weighted by atomic mass is 10.1. The molecule has 0 bridgehead atoms. The minimum atomic E-state index is -2.91. The summed E-state index contributed by atoms with van der Waals surface area (Å²) >= 11 is 0. The number of hydrogen-bond acceptors (Lipinski definition) is 5. The second kappa shape index (κ2) is 9.86. The van der Waals surface area contributed by atoms with Crippen LogP contribution in [0.1, 0.15) is 39.6 Å². The quantitative estimate of drug-likeness (QED) is 0.704. The number of benzene rings is 2. The first-order valence-electron chi connectivity index (χ1n) is 10.1. The van der Waals surface area contributed by atoms with Gasteiger partial charge < -0.3 is 10.6 Å². The first-order valence-corrected chi connectivity index (χ1v) is 11.9. The van der Waals surface area contributed by atoms with Crippen molar-refractivity contribution in [2.75, 3.05) is 36.5 Å². The van der Waals surface area contributed by atoms with E-state index in [1.807, 2.05) is 25.1 Å². The van der Waals surface area contributed by atoms with Crippen LogP contribution >= 0.6 is 0 Å². The smallest absolute Gasteiger partial charge is 0.255 e. The van der Waals surface area contributed by atoms with E-state index in [-0.39, 0.29) is 23.3 Å². The van der Waals surface area contributed by atoms with Crippen LogP contribution in [-0.4, -0.2) is 56.3 Å². The van der Waals surface area contributed by atoms with Crippen molar-refractivity contribution in [3.05, 3.63) is 65.2 Å². The largest absolute Gasteiger partial charge is 0.352 e. The van der Waals surface area contributed by atoms with Gasteiger partial charge in [0.25, 0.3) is 11.8 Å². The molecule has 2 amide bonds. The number of carbonyl (C=O) groups excluding carboxylic acids is 2. The van der Waals surface area contributed by atoms with Crippen LogP contribution in [0.3, 0.4) is 0 Å². The summed E-state index contributed by atoms with van der Waals surface area (Å²) in [5, 5.41) is 5.66. The second-order valence-corrected chi connectivity index (χ2v) is 9.72. The highest BCUT2D eigenvalue weighted by atomic mass is 32.2. The molecule has 160 valence electrons. The van der Waals surface area contributed by atoms with E-state index in [1.54, 1.807) is 30.3 Å². The zero-order valence-electron chi connectivity index (χ0n) is 17.1. The monoisotopic (exact) mass is 429 g/mol. The van der Waals surface area contributed by atoms with Gasteiger partial charge in [0.1, 0.15) is 0 Å². The van der Waals surface area contributed by atoms with Crippen molar-refractivity contribution in [1.29, 1.82) is 0 Å². The molecule has 0 saturated carbocycles. The molecule has 1 aliphatic heterocycles. The van der Waals surface area contributed by atoms with Crippen LogP contribution < -0.4 is 10.6 Å². The van der Waals surface area contributed by atoms with Gasteiger partial charge in [0.05, 0.1) is 11.5 Å². The maximum atomic E-state index is 12.6. The van der Waals surface area contributed by atoms with Gasteiger partial charge in [0, 0.05) is 43.0 Å². The molecule has 2 aromatic rings. The van der Waals surface area contributed by atoms with E-state index in [1.165, 1.54) is 0 Å². The Hall–Kier alpha value is -2.71. The number of nitrogens with one attached hydrogen (secondary N) is 2. The zero-order valence-corrected chi connectivity index (χ0v) is 17.9. The summed E-state index contributed by atoms with van der Waals surface area (Å²) in [4.78, 5) is 26.7. The molecule has 1 aliphatic rings. The van der Waals surface area contributed by atoms with Crippen LogP contribution in [0, 0.1) is 0 Å². The average Bonchev–Trinajstić information content (AvgIpc) is 2.74. The number of carbonyl (C=O) groups is 2. The molecule has 0 radical (unpaired) electrons. The molecule has 1 fully saturated rings. The Morgan fingerprint density at radius 3 is 2.33 bits per heavy atom. The highest BCUT2D eigenvalue weighted by Crippen LogP contribution is 2.15. The van der Waals surface area contributed by atoms with Gasteiger partial charge in [0.15, 0.2) is 9.84 Å². The minimum absolute atomic E-state index is 0.132. The second-order valence-electron chi connectivity index (χ2n) is 7.42. The zero-order chi connectivity index (χ0) is 21.6. The first-order chi connectivity index (χ1) is 14.4. The Morgan fingerprint density at radius 2 is 1.67 bits per heavy atom. The van der Waals surface area contributed by atoms with Crippen molar-refractivity contribution in [2.24, 2.45) is 0 Å². The van der Waals surface area contributed by atoms with Crippen molar-refractivity contribution in [3.63, 3.8) is 0 Å². The Morgan fingerprint density at radius 1 is 0.967 bits per heavy atom. The van der Waals surface area contributed by atoms with Gasteiger partial charge in [-0.25, -0.2) is 8.42 Å². The molecule has 7 nitrogen and oxygen atoms in total. The fourth-order valence-electron chi connectivity index (χ4n) is 3.23. The van der Waals surface area contributed by atoms with Gasteiger partial charge in [-0.05, 0) is 48.4 Å². The van der Waals surface area contributed by atoms with E-state index in [0.29, 0.717) is 43.0 Å². The third kappa shape index (κ3) is 6.14. The summed E-state index contributed by atoms with van der Waals surface area (Å²) in [7, 11) is -2.91. The van der Waals surface area contributed by atoms with Crippen LogP contribution in [-0.2, 0) is 16.4 Å². The summed E-state index contributed by atoms with van der Waals surface area (Å²) in [6.07, 6.45) is 0.871. The third-order valence-corrected chi connectivity index (χ3v) is 6.58. The van der Waals surface area contributed by atoms with E-state index in [4.69, 9.17) is 0 Å². The Kier molecular flexibility index (Phi) is 7.23. The molecule has 2 aromatic carbocycles. The van der Waals surface area contributed by atoms with Crippen LogP contribution in [0.4, 0.5) is 5.69 Å². The predicted molar refractivity (Wildman–Crippen MR) is 117 cm³/mol. The summed E-state index contributed by atoms with van der Waals surface area (Å²) in [5.41, 5.74) is 2.65. The van der Waals surface area contributed by atoms with Gasteiger partial charge in [-0.15, -0.1) is 0 Å². The average molecular weight is 430 g/mol. The lowest BCUT2D eigenvalue weighted by Gasteiger charge is -2.26. The van der Waals surface area contributed by atoms with Gasteiger partial charge in [-0.1, -0.05) is 19.1 Å². The van der Waals surface area contributed by atoms with Crippen LogP contribution in [0.5, 0.6) is 0 Å². The van der Waals surface area contributed by atoms with Crippen LogP contribution in [0.2, 0.25) is 0 Å². The summed E-state index contributed by atoms with van der Waals surface area (Å²) < 4.78 is 23.1. The molecule has 0 unspecified atom stereocenters. The molecular weight excluding hydrogens is 402 g/mol. The van der Waals surface area contributed by atoms with Crippen molar-refractivity contribution < 1.29 is 18.0 Å². The summed E-state index contributed by atoms with van der Waals surface area (Å²) in [5.74, 6) is -0.00609. The van der Waals surface area contributed by atoms with Crippen molar-refractivity contribution in [2.45, 2.75) is 19.9 Å². The van der Waals surface area contributed by atoms with Gasteiger partial charge in [-0.3, -0.25) is 14.5 Å². The molecule has 1 saturated heterocycles. The number of nitrogens with zero attached hydrogens (tertiary/aromatic N) is 1. The fraction of sp³-hybridized carbons (Fsp3) is 0.364. The van der Waals surface area contributed by atoms with E-state index in [0.717, 1.165) is 12.0 Å². The topological polar surface area (TPSA) is 95.6 Å². The molecule has 0 aromatic heterocycles. The molecule has 8 heteroatoms. The molecule has 1 heterocycles. The molecule has 0 aliphatic carbocycles. The normalized spacial score (nSPS) is 16.0. The van der Waals surface area contributed by atoms with Gasteiger partial charge >= 0.3 is 0 Å². The lowest BCUT2D eigenvalue weighted by Crippen LogP contribution is -2.39. The van der Waals surface area contributed by atoms with Crippen LogP contribution in [0.15, 0.2) is 48.5 Å². The molecule has 3 rings (SSSR count). The van der Waals surface area contributed by atoms with Crippen LogP contribution in [0.25, 0.3) is 0 Å². The van der Waals surface area contributed by atoms with Gasteiger partial charge in [-0.2, -0.15) is 0 Å². The standard InChI is InChI=1S/C22H27N3O4S/c1-2-10-23-21(26)18-6-8-20(9-7-18)24-22(27)19-5-3-4-17(15-19)16-25-11-13-30(28,29)14-12-25/h3-9,15H,2,10-14,16H2,1H3,(H,23,26)(H,24,27). The molecular formula is C22H27N3O4S. The maximum absolute atomic E-state index is 12.6. The van der Waals surface area contributed by atoms with E-state index >= 15 is 0 Å². The SMILES string of the molecule is CCCNC(=O)c1ccc(NC(=O)c2cccc(CN3CCS(=O)(=O)CC3)c2)cc1. The lowest BCUT2D eigenvalue weighted by molar-refractivity contribution is 0.0953. The Balaban J connectivity index is 1.59. The van der Waals surface area contributed by atoms with Gasteiger partial charge in [0.2, 0.25) is 0 Å². The highest BCUT2D eigenvalue weighted by Gasteiger charge is 2.21. The first kappa shape index (κ1) is 22.0. The highest BCUT2D eigenvalue weighted by molar-refractivity contribution is 7.91. The molecule has 0 spiro atoms. The van der Waals surface area contributed by atoms with E-state index < -0.39 is 9.84 Å². The van der Waals surface area contributed by atoms with E-state index in [2.05, 4.69) is 15.5 Å². The molecule has 2 N–H and O–H groups in total. The fourth-order valence-corrected chi connectivity index (χ4v) is 4.50. The Labute approximate surface area is 177 Å². The molecule has 0 atom stereocenters. The summed E-state index contributed by atoms with van der Waals surface area (Å²) in [6.45, 7) is 4.25. The number of amides is 2. The number of sulfone groups is 1. The Bertz CT molecular complexity index is 989. The van der Waals surface area contributed by atoms with Crippen molar-refractivity contribution in [1.82, 2.24) is 10.2 Å². The number of rotatable bonds is 7. The maximum Gasteiger partial charge on any atom is 0.255 e. The number of hydrogen-bond donors (Lipinski definition) is 2. The minimum Gasteiger partial charge on any atom is -0.352 e. The third-order valence-electron chi connectivity index (χ3n) is 4.97. The van der Waals surface area contributed by atoms with Crippen molar-refractivity contribution in [3.8, 4) is 0 Å². The molecule has 30 heavy (non-hydrogen) atoms. The van der Waals surface area contributed by atoms with E-state index in [9.17, 15) is 18.0 Å². The summed E-state index contributed by atoms with van der Waals surface area (Å²) in [6, 6.07) is 14.1. The van der Waals surface area contributed by atoms with Crippen molar-refractivity contribution >= 4 is 27.3 Å². The predicted octanol–water partition coefficient (Wildman–Crippen LogP) is 2.31. The number of anilines is 1.